The number of allylic oxidation sites excluding steroid dienone is 7. The first-order chi connectivity index (χ1) is 30.6. The van der Waals surface area contributed by atoms with Crippen molar-refractivity contribution < 1.29 is 0 Å². The maximum Gasteiger partial charge on any atom is 0.0560 e. The molecule has 2 nitrogen and oxygen atoms in total. The Morgan fingerprint density at radius 2 is 1.08 bits per heavy atom. The number of rotatable bonds is 9. The van der Waals surface area contributed by atoms with Gasteiger partial charge in [0, 0.05) is 44.8 Å². The number of anilines is 2. The highest BCUT2D eigenvalue weighted by Crippen LogP contribution is 2.45. The van der Waals surface area contributed by atoms with Crippen LogP contribution in [-0.4, -0.2) is 4.57 Å². The second-order valence-corrected chi connectivity index (χ2v) is 17.5. The molecule has 0 aliphatic heterocycles. The van der Waals surface area contributed by atoms with Crippen LogP contribution in [0, 0.1) is 5.92 Å². The lowest BCUT2D eigenvalue weighted by Gasteiger charge is -2.29. The van der Waals surface area contributed by atoms with E-state index in [1.807, 2.05) is 0 Å². The fourth-order valence-corrected chi connectivity index (χ4v) is 10.3. The summed E-state index contributed by atoms with van der Waals surface area (Å²) in [6.07, 6.45) is 17.4. The van der Waals surface area contributed by atoms with E-state index in [0.29, 0.717) is 11.8 Å². The van der Waals surface area contributed by atoms with Crippen LogP contribution >= 0.6 is 0 Å². The van der Waals surface area contributed by atoms with E-state index in [2.05, 4.69) is 236 Å². The number of aromatic nitrogens is 1. The lowest BCUT2D eigenvalue weighted by molar-refractivity contribution is 0.645. The van der Waals surface area contributed by atoms with Gasteiger partial charge in [0.15, 0.2) is 0 Å². The molecule has 2 atom stereocenters. The molecule has 0 fully saturated rings. The van der Waals surface area contributed by atoms with Crippen LogP contribution < -0.4 is 4.90 Å². The van der Waals surface area contributed by atoms with Crippen molar-refractivity contribution in [3.63, 3.8) is 0 Å². The van der Waals surface area contributed by atoms with Crippen molar-refractivity contribution in [1.82, 2.24) is 4.57 Å². The minimum Gasteiger partial charge on any atom is -0.333 e. The number of para-hydroxylation sites is 2. The normalized spacial score (nSPS) is 16.4. The molecule has 8 aromatic carbocycles. The second-order valence-electron chi connectivity index (χ2n) is 17.5. The molecule has 0 saturated carbocycles. The molecule has 0 radical (unpaired) electrons. The van der Waals surface area contributed by atoms with Gasteiger partial charge in [-0.15, -0.1) is 0 Å². The molecule has 300 valence electrons. The third kappa shape index (κ3) is 6.77. The molecule has 62 heavy (non-hydrogen) atoms. The van der Waals surface area contributed by atoms with E-state index < -0.39 is 0 Å². The highest BCUT2D eigenvalue weighted by molar-refractivity contribution is 6.19. The first-order valence-electron chi connectivity index (χ1n) is 22.3. The van der Waals surface area contributed by atoms with Gasteiger partial charge in [0.05, 0.1) is 6.04 Å². The molecular weight excluding hydrogens is 749 g/mol. The maximum atomic E-state index is 2.61. The molecule has 0 N–H and O–H groups in total. The summed E-state index contributed by atoms with van der Waals surface area (Å²) in [5.74, 6) is 0.890. The first-order valence-corrected chi connectivity index (χ1v) is 22.3. The van der Waals surface area contributed by atoms with Crippen LogP contribution in [0.25, 0.3) is 60.1 Å². The van der Waals surface area contributed by atoms with Gasteiger partial charge < -0.3 is 9.47 Å². The third-order valence-electron chi connectivity index (χ3n) is 13.0. The summed E-state index contributed by atoms with van der Waals surface area (Å²) >= 11 is 0. The van der Waals surface area contributed by atoms with E-state index in [0.717, 1.165) is 19.3 Å². The van der Waals surface area contributed by atoms with Crippen LogP contribution in [0.2, 0.25) is 0 Å². The molecule has 0 bridgehead atoms. The van der Waals surface area contributed by atoms with Crippen molar-refractivity contribution in [2.45, 2.75) is 45.1 Å². The van der Waals surface area contributed by atoms with Crippen LogP contribution in [0.1, 0.15) is 55.3 Å². The minimum atomic E-state index is 0.198. The zero-order valence-corrected chi connectivity index (χ0v) is 35.5. The molecule has 9 aromatic rings. The molecule has 2 unspecified atom stereocenters. The highest BCUT2D eigenvalue weighted by atomic mass is 15.1. The van der Waals surface area contributed by atoms with Gasteiger partial charge in [0.25, 0.3) is 0 Å². The summed E-state index contributed by atoms with van der Waals surface area (Å²) in [5, 5.41) is 7.89. The van der Waals surface area contributed by atoms with E-state index in [1.54, 1.807) is 0 Å². The summed E-state index contributed by atoms with van der Waals surface area (Å²) in [4.78, 5) is 2.36. The Balaban J connectivity index is 0.960. The first kappa shape index (κ1) is 37.8. The monoisotopic (exact) mass is 798 g/mol. The predicted octanol–water partition coefficient (Wildman–Crippen LogP) is 16.3. The largest absolute Gasteiger partial charge is 0.333 e. The Labute approximate surface area is 365 Å². The lowest BCUT2D eigenvalue weighted by Crippen LogP contribution is -2.17. The molecule has 0 spiro atoms. The number of fused-ring (bicyclic) bond motifs is 5. The zero-order valence-electron chi connectivity index (χ0n) is 35.5. The Bertz CT molecular complexity index is 3140. The standard InChI is InChI=1S/C60H50N2/c1-41(2)38-42-26-36-57-55(39-42)56-40-46(43-27-32-49(33-28-43)61(47-18-8-4-9-19-47)48-20-10-5-11-21-48)31-37-58(56)62(57)50-34-29-45(30-35-50)60-53-24-14-12-22-51(53)59(44-16-6-3-7-17-44)52-23-13-15-25-54(52)60/h3-27,29-34,36-37,39-41,43,50H,28,35,38H2,1-2H3. The van der Waals surface area contributed by atoms with Gasteiger partial charge in [-0.05, 0) is 135 Å². The van der Waals surface area contributed by atoms with Gasteiger partial charge in [-0.2, -0.15) is 0 Å². The molecule has 11 rings (SSSR count). The summed E-state index contributed by atoms with van der Waals surface area (Å²) in [6, 6.07) is 64.9. The minimum absolute atomic E-state index is 0.198. The summed E-state index contributed by atoms with van der Waals surface area (Å²) in [6.45, 7) is 4.63. The van der Waals surface area contributed by atoms with E-state index in [4.69, 9.17) is 0 Å². The number of nitrogens with zero attached hydrogens (tertiary/aromatic N) is 2. The predicted molar refractivity (Wildman–Crippen MR) is 265 cm³/mol. The molecule has 0 amide bonds. The lowest BCUT2D eigenvalue weighted by atomic mass is 9.84. The fourth-order valence-electron chi connectivity index (χ4n) is 10.3. The fraction of sp³-hybridized carbons (Fsp3) is 0.133. The molecular formula is C60H50N2. The van der Waals surface area contributed by atoms with Crippen LogP contribution in [0.15, 0.2) is 218 Å². The Kier molecular flexibility index (Phi) is 9.78. The molecule has 0 saturated heterocycles. The van der Waals surface area contributed by atoms with Gasteiger partial charge in [0.1, 0.15) is 0 Å². The average molecular weight is 799 g/mol. The number of hydrogen-bond acceptors (Lipinski definition) is 1. The van der Waals surface area contributed by atoms with Crippen LogP contribution in [0.3, 0.4) is 0 Å². The Morgan fingerprint density at radius 3 is 1.65 bits per heavy atom. The Morgan fingerprint density at radius 1 is 0.516 bits per heavy atom. The highest BCUT2D eigenvalue weighted by Gasteiger charge is 2.24. The van der Waals surface area contributed by atoms with E-state index in [-0.39, 0.29) is 6.04 Å². The number of hydrogen-bond donors (Lipinski definition) is 0. The van der Waals surface area contributed by atoms with Gasteiger partial charge >= 0.3 is 0 Å². The molecule has 1 heterocycles. The van der Waals surface area contributed by atoms with Gasteiger partial charge in [-0.25, -0.2) is 0 Å². The molecule has 2 aliphatic rings. The van der Waals surface area contributed by atoms with E-state index in [1.165, 1.54) is 93.8 Å². The zero-order chi connectivity index (χ0) is 41.6. The van der Waals surface area contributed by atoms with Gasteiger partial charge in [-0.1, -0.05) is 172 Å². The molecule has 2 heteroatoms. The quantitative estimate of drug-likeness (QED) is 0.132. The van der Waals surface area contributed by atoms with Crippen molar-refractivity contribution in [3.8, 4) is 11.1 Å². The number of benzene rings is 8. The second kappa shape index (κ2) is 16.0. The van der Waals surface area contributed by atoms with Crippen LogP contribution in [0.4, 0.5) is 11.4 Å². The maximum absolute atomic E-state index is 2.61. The summed E-state index contributed by atoms with van der Waals surface area (Å²) in [5.41, 5.74) is 14.1. The van der Waals surface area contributed by atoms with Crippen molar-refractivity contribution in [2.75, 3.05) is 4.90 Å². The van der Waals surface area contributed by atoms with E-state index >= 15 is 0 Å². The molecule has 2 aliphatic carbocycles. The van der Waals surface area contributed by atoms with Crippen molar-refractivity contribution >= 4 is 60.3 Å². The van der Waals surface area contributed by atoms with Crippen LogP contribution in [-0.2, 0) is 6.42 Å². The molecule has 1 aromatic heterocycles. The summed E-state index contributed by atoms with van der Waals surface area (Å²) in [7, 11) is 0. The Hall–Kier alpha value is -7.16. The third-order valence-corrected chi connectivity index (χ3v) is 13.0. The SMILES string of the molecule is CC(C)Cc1ccc2c(c1)c1cc(C3C=CC(N(c4ccccc4)c4ccccc4)=CC3)ccc1n2C1C=CC(c2c3ccccc3c(-c3ccccc3)c3ccccc23)=CC1. The van der Waals surface area contributed by atoms with Gasteiger partial charge in [-0.3, -0.25) is 0 Å². The van der Waals surface area contributed by atoms with Crippen LogP contribution in [0.5, 0.6) is 0 Å². The van der Waals surface area contributed by atoms with E-state index in [9.17, 15) is 0 Å². The van der Waals surface area contributed by atoms with Crippen molar-refractivity contribution in [3.05, 3.63) is 235 Å². The average Bonchev–Trinajstić information content (AvgIpc) is 3.65. The van der Waals surface area contributed by atoms with Gasteiger partial charge in [0.2, 0.25) is 0 Å². The van der Waals surface area contributed by atoms with Crippen molar-refractivity contribution in [1.29, 1.82) is 0 Å². The smallest absolute Gasteiger partial charge is 0.0560 e. The van der Waals surface area contributed by atoms with Crippen molar-refractivity contribution in [2.24, 2.45) is 5.92 Å². The summed E-state index contributed by atoms with van der Waals surface area (Å²) < 4.78 is 2.61. The topological polar surface area (TPSA) is 8.17 Å².